The zero-order valence-electron chi connectivity index (χ0n) is 12.2. The molecule has 1 rings (SSSR count). The zero-order valence-corrected chi connectivity index (χ0v) is 12.2. The molecule has 0 aromatic rings. The van der Waals surface area contributed by atoms with Crippen LogP contribution in [0.3, 0.4) is 0 Å². The van der Waals surface area contributed by atoms with Gasteiger partial charge in [0.25, 0.3) is 0 Å². The Labute approximate surface area is 116 Å². The fourth-order valence-corrected chi connectivity index (χ4v) is 2.64. The number of aliphatic hydroxyl groups excluding tert-OH is 1. The van der Waals surface area contributed by atoms with E-state index in [0.29, 0.717) is 25.5 Å². The molecule has 112 valence electrons. The first-order chi connectivity index (χ1) is 9.13. The smallest absolute Gasteiger partial charge is 0.315 e. The number of urea groups is 1. The van der Waals surface area contributed by atoms with Gasteiger partial charge in [-0.25, -0.2) is 4.79 Å². The lowest BCUT2D eigenvalue weighted by molar-refractivity contribution is 0.0598. The molecule has 0 aromatic carbocycles. The summed E-state index contributed by atoms with van der Waals surface area (Å²) in [5, 5.41) is 15.2. The molecule has 0 bridgehead atoms. The Morgan fingerprint density at radius 3 is 2.68 bits per heavy atom. The lowest BCUT2D eigenvalue weighted by Gasteiger charge is -2.28. The molecule has 19 heavy (non-hydrogen) atoms. The molecule has 3 N–H and O–H groups in total. The Kier molecular flexibility index (Phi) is 7.82. The van der Waals surface area contributed by atoms with Gasteiger partial charge in [-0.1, -0.05) is 19.3 Å². The van der Waals surface area contributed by atoms with E-state index in [9.17, 15) is 9.90 Å². The van der Waals surface area contributed by atoms with Gasteiger partial charge in [-0.3, -0.25) is 0 Å². The standard InChI is InChI=1S/C14H28N2O3/c1-11(12-6-4-3-5-7-12)16-14(18)15-9-8-13(17)10-19-2/h11-13,17H,3-10H2,1-2H3,(H2,15,16,18). The first-order valence-corrected chi connectivity index (χ1v) is 7.35. The van der Waals surface area contributed by atoms with E-state index in [0.717, 1.165) is 0 Å². The van der Waals surface area contributed by atoms with Crippen molar-refractivity contribution in [2.24, 2.45) is 5.92 Å². The van der Waals surface area contributed by atoms with Gasteiger partial charge < -0.3 is 20.5 Å². The molecule has 0 aliphatic heterocycles. The summed E-state index contributed by atoms with van der Waals surface area (Å²) in [6, 6.07) is 0.0897. The quantitative estimate of drug-likeness (QED) is 0.660. The third-order valence-corrected chi connectivity index (χ3v) is 3.84. The van der Waals surface area contributed by atoms with Crippen molar-refractivity contribution in [2.75, 3.05) is 20.3 Å². The third kappa shape index (κ3) is 6.78. The van der Waals surface area contributed by atoms with Crippen molar-refractivity contribution in [1.82, 2.24) is 10.6 Å². The van der Waals surface area contributed by atoms with Gasteiger partial charge in [-0.2, -0.15) is 0 Å². The van der Waals surface area contributed by atoms with E-state index in [1.165, 1.54) is 32.1 Å². The molecule has 1 aliphatic carbocycles. The summed E-state index contributed by atoms with van der Waals surface area (Å²) in [7, 11) is 1.55. The molecular formula is C14H28N2O3. The monoisotopic (exact) mass is 272 g/mol. The number of nitrogens with one attached hydrogen (secondary N) is 2. The molecule has 5 nitrogen and oxygen atoms in total. The molecule has 1 saturated carbocycles. The van der Waals surface area contributed by atoms with Crippen LogP contribution in [0.25, 0.3) is 0 Å². The van der Waals surface area contributed by atoms with Crippen LogP contribution in [-0.2, 0) is 4.74 Å². The number of hydrogen-bond donors (Lipinski definition) is 3. The second kappa shape index (κ2) is 9.15. The van der Waals surface area contributed by atoms with Gasteiger partial charge in [0.05, 0.1) is 12.7 Å². The van der Waals surface area contributed by atoms with Crippen LogP contribution in [0, 0.1) is 5.92 Å². The Balaban J connectivity index is 2.12. The minimum absolute atomic E-state index is 0.136. The third-order valence-electron chi connectivity index (χ3n) is 3.84. The number of ether oxygens (including phenoxy) is 1. The van der Waals surface area contributed by atoms with Gasteiger partial charge in [-0.15, -0.1) is 0 Å². The van der Waals surface area contributed by atoms with Gasteiger partial charge in [0.15, 0.2) is 0 Å². The summed E-state index contributed by atoms with van der Waals surface area (Å²) < 4.78 is 4.83. The van der Waals surface area contributed by atoms with Gasteiger partial charge in [0.2, 0.25) is 0 Å². The second-order valence-corrected chi connectivity index (χ2v) is 5.48. The number of rotatable bonds is 7. The molecule has 0 heterocycles. The molecule has 2 unspecified atom stereocenters. The van der Waals surface area contributed by atoms with Gasteiger partial charge in [-0.05, 0) is 32.1 Å². The van der Waals surface area contributed by atoms with E-state index in [-0.39, 0.29) is 12.1 Å². The first-order valence-electron chi connectivity index (χ1n) is 7.35. The van der Waals surface area contributed by atoms with E-state index in [4.69, 9.17) is 4.74 Å². The number of aliphatic hydroxyl groups is 1. The van der Waals surface area contributed by atoms with Gasteiger partial charge in [0.1, 0.15) is 0 Å². The maximum atomic E-state index is 11.7. The Morgan fingerprint density at radius 1 is 1.37 bits per heavy atom. The van der Waals surface area contributed by atoms with Crippen LogP contribution in [0.4, 0.5) is 4.79 Å². The predicted molar refractivity (Wildman–Crippen MR) is 75.1 cm³/mol. The molecule has 1 fully saturated rings. The zero-order chi connectivity index (χ0) is 14.1. The molecule has 2 atom stereocenters. The highest BCUT2D eigenvalue weighted by atomic mass is 16.5. The second-order valence-electron chi connectivity index (χ2n) is 5.48. The number of carbonyl (C=O) groups is 1. The molecule has 0 spiro atoms. The highest BCUT2D eigenvalue weighted by Gasteiger charge is 2.21. The van der Waals surface area contributed by atoms with Crippen LogP contribution in [0.2, 0.25) is 0 Å². The maximum Gasteiger partial charge on any atom is 0.315 e. The molecule has 5 heteroatoms. The van der Waals surface area contributed by atoms with Crippen molar-refractivity contribution in [2.45, 2.75) is 57.6 Å². The SMILES string of the molecule is COCC(O)CCNC(=O)NC(C)C1CCCCC1. The average Bonchev–Trinajstić information content (AvgIpc) is 2.40. The van der Waals surface area contributed by atoms with E-state index < -0.39 is 6.10 Å². The normalized spacial score (nSPS) is 19.7. The summed E-state index contributed by atoms with van der Waals surface area (Å²) in [4.78, 5) is 11.7. The lowest BCUT2D eigenvalue weighted by Crippen LogP contribution is -2.45. The molecule has 0 aromatic heterocycles. The maximum absolute atomic E-state index is 11.7. The first kappa shape index (κ1) is 16.2. The van der Waals surface area contributed by atoms with Crippen molar-refractivity contribution in [3.05, 3.63) is 0 Å². The lowest BCUT2D eigenvalue weighted by atomic mass is 9.85. The molecule has 0 saturated heterocycles. The number of hydrogen-bond acceptors (Lipinski definition) is 3. The Bertz CT molecular complexity index is 255. The molecular weight excluding hydrogens is 244 g/mol. The topological polar surface area (TPSA) is 70.6 Å². The van der Waals surface area contributed by atoms with Crippen molar-refractivity contribution in [1.29, 1.82) is 0 Å². The summed E-state index contributed by atoms with van der Waals surface area (Å²) in [6.07, 6.45) is 6.32. The Morgan fingerprint density at radius 2 is 2.05 bits per heavy atom. The van der Waals surface area contributed by atoms with Crippen LogP contribution in [0.15, 0.2) is 0 Å². The largest absolute Gasteiger partial charge is 0.391 e. The summed E-state index contributed by atoms with van der Waals surface area (Å²) in [5.41, 5.74) is 0. The van der Waals surface area contributed by atoms with Gasteiger partial charge in [0, 0.05) is 19.7 Å². The highest BCUT2D eigenvalue weighted by molar-refractivity contribution is 5.74. The summed E-state index contributed by atoms with van der Waals surface area (Å²) in [6.45, 7) is 2.85. The molecule has 0 radical (unpaired) electrons. The molecule has 2 amide bonds. The van der Waals surface area contributed by atoms with Crippen LogP contribution < -0.4 is 10.6 Å². The molecule has 1 aliphatic rings. The van der Waals surface area contributed by atoms with Crippen molar-refractivity contribution >= 4 is 6.03 Å². The number of methoxy groups -OCH3 is 1. The number of amides is 2. The average molecular weight is 272 g/mol. The fourth-order valence-electron chi connectivity index (χ4n) is 2.64. The van der Waals surface area contributed by atoms with Gasteiger partial charge >= 0.3 is 6.03 Å². The van der Waals surface area contributed by atoms with E-state index >= 15 is 0 Å². The fraction of sp³-hybridized carbons (Fsp3) is 0.929. The van der Waals surface area contributed by atoms with Crippen LogP contribution in [0.5, 0.6) is 0 Å². The van der Waals surface area contributed by atoms with Crippen LogP contribution in [-0.4, -0.2) is 43.5 Å². The van der Waals surface area contributed by atoms with Crippen molar-refractivity contribution in [3.63, 3.8) is 0 Å². The van der Waals surface area contributed by atoms with Crippen molar-refractivity contribution < 1.29 is 14.6 Å². The van der Waals surface area contributed by atoms with Crippen LogP contribution in [0.1, 0.15) is 45.4 Å². The highest BCUT2D eigenvalue weighted by Crippen LogP contribution is 2.26. The Hall–Kier alpha value is -0.810. The summed E-state index contributed by atoms with van der Waals surface area (Å²) >= 11 is 0. The predicted octanol–water partition coefficient (Wildman–Crippen LogP) is 1.65. The van der Waals surface area contributed by atoms with Crippen LogP contribution >= 0.6 is 0 Å². The van der Waals surface area contributed by atoms with E-state index in [2.05, 4.69) is 17.6 Å². The van der Waals surface area contributed by atoms with Crippen molar-refractivity contribution in [3.8, 4) is 0 Å². The number of carbonyl (C=O) groups excluding carboxylic acids is 1. The minimum Gasteiger partial charge on any atom is -0.391 e. The van der Waals surface area contributed by atoms with E-state index in [1.807, 2.05) is 0 Å². The minimum atomic E-state index is -0.513. The van der Waals surface area contributed by atoms with E-state index in [1.54, 1.807) is 7.11 Å². The summed E-state index contributed by atoms with van der Waals surface area (Å²) in [5.74, 6) is 0.610.